The van der Waals surface area contributed by atoms with Crippen molar-refractivity contribution < 1.29 is 0 Å². The maximum atomic E-state index is 5.95. The van der Waals surface area contributed by atoms with Gasteiger partial charge < -0.3 is 0 Å². The highest BCUT2D eigenvalue weighted by molar-refractivity contribution is 6.30. The molecule has 0 amide bonds. The molecular weight excluding hydrogens is 218 g/mol. The van der Waals surface area contributed by atoms with Crippen LogP contribution in [0.5, 0.6) is 0 Å². The molecule has 2 aliphatic heterocycles. The van der Waals surface area contributed by atoms with Crippen LogP contribution < -0.4 is 0 Å². The van der Waals surface area contributed by atoms with Crippen LogP contribution in [0.2, 0.25) is 5.02 Å². The first-order valence-corrected chi connectivity index (χ1v) is 6.61. The zero-order chi connectivity index (χ0) is 11.1. The Morgan fingerprint density at radius 2 is 1.75 bits per heavy atom. The summed E-state index contributed by atoms with van der Waals surface area (Å²) >= 11 is 5.95. The fourth-order valence-corrected chi connectivity index (χ4v) is 3.66. The van der Waals surface area contributed by atoms with Gasteiger partial charge in [0.05, 0.1) is 0 Å². The lowest BCUT2D eigenvalue weighted by Crippen LogP contribution is -2.40. The Kier molecular flexibility index (Phi) is 2.68. The molecular formula is C14H18ClN. The maximum Gasteiger partial charge on any atom is 0.0406 e. The van der Waals surface area contributed by atoms with Gasteiger partial charge in [0.25, 0.3) is 0 Å². The Labute approximate surface area is 102 Å². The first-order chi connectivity index (χ1) is 7.75. The Morgan fingerprint density at radius 1 is 1.06 bits per heavy atom. The van der Waals surface area contributed by atoms with Gasteiger partial charge in [0, 0.05) is 17.1 Å². The summed E-state index contributed by atoms with van der Waals surface area (Å²) in [5, 5.41) is 0.845. The maximum absolute atomic E-state index is 5.95. The molecule has 2 aliphatic rings. The van der Waals surface area contributed by atoms with Gasteiger partial charge in [-0.1, -0.05) is 23.7 Å². The fourth-order valence-electron chi connectivity index (χ4n) is 3.54. The topological polar surface area (TPSA) is 3.24 Å². The average molecular weight is 236 g/mol. The predicted molar refractivity (Wildman–Crippen MR) is 68.0 cm³/mol. The van der Waals surface area contributed by atoms with Gasteiger partial charge in [-0.15, -0.1) is 0 Å². The van der Waals surface area contributed by atoms with Crippen LogP contribution in [0.1, 0.15) is 37.2 Å². The molecule has 0 radical (unpaired) electrons. The van der Waals surface area contributed by atoms with Crippen molar-refractivity contribution in [3.8, 4) is 0 Å². The van der Waals surface area contributed by atoms with Crippen LogP contribution in [0, 0.1) is 0 Å². The van der Waals surface area contributed by atoms with Crippen molar-refractivity contribution in [1.29, 1.82) is 0 Å². The molecule has 2 heteroatoms. The molecule has 0 aromatic heterocycles. The SMILES string of the molecule is CN1C2CCC(c3ccc(Cl)cc3)C1CC2. The van der Waals surface area contributed by atoms with Gasteiger partial charge in [0.1, 0.15) is 0 Å². The summed E-state index contributed by atoms with van der Waals surface area (Å²) in [5.74, 6) is 0.723. The summed E-state index contributed by atoms with van der Waals surface area (Å²) in [7, 11) is 2.30. The number of halogens is 1. The molecule has 1 aromatic rings. The fraction of sp³-hybridized carbons (Fsp3) is 0.571. The summed E-state index contributed by atoms with van der Waals surface area (Å²) < 4.78 is 0. The normalized spacial score (nSPS) is 34.2. The highest BCUT2D eigenvalue weighted by Gasteiger charge is 2.40. The van der Waals surface area contributed by atoms with E-state index < -0.39 is 0 Å². The van der Waals surface area contributed by atoms with E-state index in [9.17, 15) is 0 Å². The van der Waals surface area contributed by atoms with E-state index in [0.717, 1.165) is 23.0 Å². The minimum absolute atomic E-state index is 0.723. The monoisotopic (exact) mass is 235 g/mol. The van der Waals surface area contributed by atoms with Gasteiger partial charge in [-0.05, 0) is 56.3 Å². The second-order valence-electron chi connectivity index (χ2n) is 5.20. The number of hydrogen-bond acceptors (Lipinski definition) is 1. The molecule has 2 heterocycles. The molecule has 2 saturated heterocycles. The van der Waals surface area contributed by atoms with E-state index in [1.165, 1.54) is 31.2 Å². The first kappa shape index (κ1) is 10.6. The molecule has 86 valence electrons. The molecule has 1 nitrogen and oxygen atoms in total. The summed E-state index contributed by atoms with van der Waals surface area (Å²) in [6.07, 6.45) is 5.47. The molecule has 1 aromatic carbocycles. The third-order valence-electron chi connectivity index (χ3n) is 4.47. The Bertz CT molecular complexity index is 373. The lowest BCUT2D eigenvalue weighted by Gasteiger charge is -2.37. The van der Waals surface area contributed by atoms with Crippen LogP contribution in [0.3, 0.4) is 0 Å². The lowest BCUT2D eigenvalue weighted by molar-refractivity contribution is 0.156. The molecule has 0 saturated carbocycles. The number of fused-ring (bicyclic) bond motifs is 2. The molecule has 3 unspecified atom stereocenters. The van der Waals surface area contributed by atoms with Crippen molar-refractivity contribution in [2.75, 3.05) is 7.05 Å². The zero-order valence-electron chi connectivity index (χ0n) is 9.70. The van der Waals surface area contributed by atoms with E-state index in [4.69, 9.17) is 11.6 Å². The first-order valence-electron chi connectivity index (χ1n) is 6.23. The molecule has 0 N–H and O–H groups in total. The van der Waals surface area contributed by atoms with E-state index in [1.54, 1.807) is 0 Å². The molecule has 16 heavy (non-hydrogen) atoms. The van der Waals surface area contributed by atoms with E-state index in [-0.39, 0.29) is 0 Å². The van der Waals surface area contributed by atoms with Crippen molar-refractivity contribution >= 4 is 11.6 Å². The third-order valence-corrected chi connectivity index (χ3v) is 4.72. The van der Waals surface area contributed by atoms with E-state index in [2.05, 4.69) is 24.1 Å². The smallest absolute Gasteiger partial charge is 0.0406 e. The number of rotatable bonds is 1. The van der Waals surface area contributed by atoms with E-state index >= 15 is 0 Å². The Morgan fingerprint density at radius 3 is 2.50 bits per heavy atom. The molecule has 0 aliphatic carbocycles. The highest BCUT2D eigenvalue weighted by Crippen LogP contribution is 2.43. The number of hydrogen-bond donors (Lipinski definition) is 0. The van der Waals surface area contributed by atoms with Crippen molar-refractivity contribution in [3.05, 3.63) is 34.9 Å². The van der Waals surface area contributed by atoms with E-state index in [0.29, 0.717) is 0 Å². The zero-order valence-corrected chi connectivity index (χ0v) is 10.5. The van der Waals surface area contributed by atoms with Crippen molar-refractivity contribution in [2.45, 2.75) is 43.7 Å². The Hall–Kier alpha value is -0.530. The quantitative estimate of drug-likeness (QED) is 0.718. The van der Waals surface area contributed by atoms with Crippen molar-refractivity contribution in [2.24, 2.45) is 0 Å². The van der Waals surface area contributed by atoms with Crippen LogP contribution in [-0.2, 0) is 0 Å². The number of likely N-dealkylation sites (N-methyl/N-ethyl adjacent to an activating group) is 1. The average Bonchev–Trinajstić information content (AvgIpc) is 2.52. The number of benzene rings is 1. The van der Waals surface area contributed by atoms with Crippen LogP contribution in [0.15, 0.2) is 24.3 Å². The number of piperidine rings is 1. The van der Waals surface area contributed by atoms with E-state index in [1.807, 2.05) is 12.1 Å². The lowest BCUT2D eigenvalue weighted by atomic mass is 9.85. The van der Waals surface area contributed by atoms with Crippen LogP contribution >= 0.6 is 11.6 Å². The van der Waals surface area contributed by atoms with Gasteiger partial charge in [0.15, 0.2) is 0 Å². The highest BCUT2D eigenvalue weighted by atomic mass is 35.5. The summed E-state index contributed by atoms with van der Waals surface area (Å²) in [6, 6.07) is 10.1. The second kappa shape index (κ2) is 4.05. The van der Waals surface area contributed by atoms with Crippen LogP contribution in [-0.4, -0.2) is 24.0 Å². The van der Waals surface area contributed by atoms with Crippen molar-refractivity contribution in [3.63, 3.8) is 0 Å². The largest absolute Gasteiger partial charge is 0.300 e. The third kappa shape index (κ3) is 1.66. The van der Waals surface area contributed by atoms with Gasteiger partial charge in [-0.25, -0.2) is 0 Å². The van der Waals surface area contributed by atoms with Gasteiger partial charge in [-0.2, -0.15) is 0 Å². The molecule has 2 fully saturated rings. The second-order valence-corrected chi connectivity index (χ2v) is 5.64. The molecule has 0 spiro atoms. The molecule has 3 atom stereocenters. The predicted octanol–water partition coefficient (Wildman–Crippen LogP) is 3.68. The summed E-state index contributed by atoms with van der Waals surface area (Å²) in [4.78, 5) is 2.60. The summed E-state index contributed by atoms with van der Waals surface area (Å²) in [5.41, 5.74) is 1.47. The Balaban J connectivity index is 1.87. The van der Waals surface area contributed by atoms with Gasteiger partial charge in [0.2, 0.25) is 0 Å². The minimum atomic E-state index is 0.723. The molecule has 3 rings (SSSR count). The van der Waals surface area contributed by atoms with Gasteiger partial charge >= 0.3 is 0 Å². The standard InChI is InChI=1S/C14H18ClN/c1-16-12-6-8-13(14(16)9-7-12)10-2-4-11(15)5-3-10/h2-5,12-14H,6-9H2,1H3. The van der Waals surface area contributed by atoms with Crippen LogP contribution in [0.25, 0.3) is 0 Å². The number of nitrogens with zero attached hydrogens (tertiary/aromatic N) is 1. The molecule has 2 bridgehead atoms. The minimum Gasteiger partial charge on any atom is -0.300 e. The summed E-state index contributed by atoms with van der Waals surface area (Å²) in [6.45, 7) is 0. The van der Waals surface area contributed by atoms with Crippen LogP contribution in [0.4, 0.5) is 0 Å². The van der Waals surface area contributed by atoms with Gasteiger partial charge in [-0.3, -0.25) is 4.90 Å². The van der Waals surface area contributed by atoms with Crippen molar-refractivity contribution in [1.82, 2.24) is 4.90 Å².